The van der Waals surface area contributed by atoms with Crippen molar-refractivity contribution < 1.29 is 14.3 Å². The molecule has 8 heteroatoms. The lowest BCUT2D eigenvalue weighted by Crippen LogP contribution is -2.29. The molecule has 6 nitrogen and oxygen atoms in total. The molecule has 0 fully saturated rings. The number of hydrogen-bond acceptors (Lipinski definition) is 6. The number of hydrogen-bond donors (Lipinski definition) is 1. The molecule has 0 saturated heterocycles. The van der Waals surface area contributed by atoms with E-state index in [1.807, 2.05) is 53.7 Å². The number of methoxy groups -OCH3 is 2. The summed E-state index contributed by atoms with van der Waals surface area (Å²) in [6, 6.07) is 13.1. The number of benzene rings is 2. The second kappa shape index (κ2) is 9.73. The minimum atomic E-state index is -0.128. The molecule has 0 bridgehead atoms. The molecule has 3 rings (SSSR count). The van der Waals surface area contributed by atoms with E-state index in [-0.39, 0.29) is 12.5 Å². The Hall–Kier alpha value is -2.61. The predicted octanol–water partition coefficient (Wildman–Crippen LogP) is 4.55. The summed E-state index contributed by atoms with van der Waals surface area (Å²) in [5, 5.41) is 5.97. The molecule has 0 aliphatic rings. The van der Waals surface area contributed by atoms with Crippen molar-refractivity contribution in [3.8, 4) is 22.8 Å². The van der Waals surface area contributed by atoms with Crippen molar-refractivity contribution in [1.29, 1.82) is 0 Å². The maximum Gasteiger partial charge on any atom is 0.240 e. The highest BCUT2D eigenvalue weighted by molar-refractivity contribution is 7.14. The van der Waals surface area contributed by atoms with Crippen LogP contribution in [0.1, 0.15) is 5.56 Å². The maximum atomic E-state index is 12.4. The van der Waals surface area contributed by atoms with E-state index in [9.17, 15) is 4.79 Å². The van der Waals surface area contributed by atoms with Crippen LogP contribution in [0.25, 0.3) is 11.3 Å². The lowest BCUT2D eigenvalue weighted by molar-refractivity contribution is -0.117. The van der Waals surface area contributed by atoms with Crippen LogP contribution in [0, 0.1) is 0 Å². The molecule has 0 unspecified atom stereocenters. The van der Waals surface area contributed by atoms with Crippen LogP contribution >= 0.6 is 22.9 Å². The SMILES string of the molecule is COc1ccc(-c2csc(NC(=O)CN(C)Cc3cccc(Cl)c3)n2)c(OC)c1. The third-order valence-electron chi connectivity index (χ3n) is 4.19. The zero-order chi connectivity index (χ0) is 20.8. The quantitative estimate of drug-likeness (QED) is 0.566. The number of rotatable bonds is 8. The van der Waals surface area contributed by atoms with Gasteiger partial charge in [-0.05, 0) is 36.9 Å². The van der Waals surface area contributed by atoms with Gasteiger partial charge in [-0.1, -0.05) is 23.7 Å². The van der Waals surface area contributed by atoms with Crippen LogP contribution in [-0.2, 0) is 11.3 Å². The van der Waals surface area contributed by atoms with Crippen LogP contribution in [0.15, 0.2) is 47.8 Å². The van der Waals surface area contributed by atoms with E-state index >= 15 is 0 Å². The molecule has 1 N–H and O–H groups in total. The van der Waals surface area contributed by atoms with E-state index < -0.39 is 0 Å². The third kappa shape index (κ3) is 5.69. The summed E-state index contributed by atoms with van der Waals surface area (Å²) >= 11 is 7.38. The number of carbonyl (C=O) groups is 1. The molecule has 1 aromatic heterocycles. The zero-order valence-electron chi connectivity index (χ0n) is 16.4. The molecule has 0 spiro atoms. The van der Waals surface area contributed by atoms with Gasteiger partial charge >= 0.3 is 0 Å². The van der Waals surface area contributed by atoms with Gasteiger partial charge < -0.3 is 14.8 Å². The molecular weight excluding hydrogens is 410 g/mol. The first-order chi connectivity index (χ1) is 14.0. The van der Waals surface area contributed by atoms with Crippen LogP contribution in [0.4, 0.5) is 5.13 Å². The highest BCUT2D eigenvalue weighted by Crippen LogP contribution is 2.34. The van der Waals surface area contributed by atoms with Crippen LogP contribution in [-0.4, -0.2) is 43.6 Å². The Morgan fingerprint density at radius 2 is 2.03 bits per heavy atom. The normalized spacial score (nSPS) is 10.8. The van der Waals surface area contributed by atoms with Crippen molar-refractivity contribution in [1.82, 2.24) is 9.88 Å². The largest absolute Gasteiger partial charge is 0.497 e. The van der Waals surface area contributed by atoms with Crippen molar-refractivity contribution in [2.75, 3.05) is 33.1 Å². The number of ether oxygens (including phenoxy) is 2. The highest BCUT2D eigenvalue weighted by Gasteiger charge is 2.14. The minimum Gasteiger partial charge on any atom is -0.497 e. The summed E-state index contributed by atoms with van der Waals surface area (Å²) in [5.74, 6) is 1.24. The van der Waals surface area contributed by atoms with Gasteiger partial charge in [-0.2, -0.15) is 0 Å². The Kier molecular flexibility index (Phi) is 7.09. The van der Waals surface area contributed by atoms with Crippen molar-refractivity contribution in [3.05, 3.63) is 58.4 Å². The molecule has 0 aliphatic heterocycles. The summed E-state index contributed by atoms with van der Waals surface area (Å²) in [6.07, 6.45) is 0. The fourth-order valence-corrected chi connectivity index (χ4v) is 3.81. The molecule has 0 aliphatic carbocycles. The van der Waals surface area contributed by atoms with Crippen molar-refractivity contribution >= 4 is 34.0 Å². The summed E-state index contributed by atoms with van der Waals surface area (Å²) in [6.45, 7) is 0.868. The monoisotopic (exact) mass is 431 g/mol. The van der Waals surface area contributed by atoms with Crippen molar-refractivity contribution in [3.63, 3.8) is 0 Å². The molecule has 29 heavy (non-hydrogen) atoms. The average molecular weight is 432 g/mol. The molecule has 3 aromatic rings. The van der Waals surface area contributed by atoms with Crippen LogP contribution in [0.5, 0.6) is 11.5 Å². The highest BCUT2D eigenvalue weighted by atomic mass is 35.5. The number of aromatic nitrogens is 1. The van der Waals surface area contributed by atoms with E-state index in [4.69, 9.17) is 21.1 Å². The second-order valence-electron chi connectivity index (χ2n) is 6.45. The predicted molar refractivity (Wildman–Crippen MR) is 117 cm³/mol. The fourth-order valence-electron chi connectivity index (χ4n) is 2.87. The van der Waals surface area contributed by atoms with E-state index in [1.54, 1.807) is 20.3 Å². The molecule has 1 heterocycles. The fraction of sp³-hybridized carbons (Fsp3) is 0.238. The third-order valence-corrected chi connectivity index (χ3v) is 5.18. The maximum absolute atomic E-state index is 12.4. The molecule has 2 aromatic carbocycles. The standard InChI is InChI=1S/C21H22ClN3O3S/c1-25(11-14-5-4-6-15(22)9-14)12-20(26)24-21-23-18(13-29-21)17-8-7-16(27-2)10-19(17)28-3/h4-10,13H,11-12H2,1-3H3,(H,23,24,26). The van der Waals surface area contributed by atoms with Gasteiger partial charge in [-0.3, -0.25) is 9.69 Å². The Morgan fingerprint density at radius 3 is 2.76 bits per heavy atom. The first kappa shape index (κ1) is 21.1. The second-order valence-corrected chi connectivity index (χ2v) is 7.75. The number of thiazole rings is 1. The Labute approximate surface area is 179 Å². The number of anilines is 1. The van der Waals surface area contributed by atoms with Gasteiger partial charge in [0.25, 0.3) is 0 Å². The van der Waals surface area contributed by atoms with Crippen LogP contribution in [0.2, 0.25) is 5.02 Å². The molecular formula is C21H22ClN3O3S. The number of amides is 1. The zero-order valence-corrected chi connectivity index (χ0v) is 18.0. The summed E-state index contributed by atoms with van der Waals surface area (Å²) in [7, 11) is 5.09. The van der Waals surface area contributed by atoms with Crippen molar-refractivity contribution in [2.45, 2.75) is 6.54 Å². The number of halogens is 1. The lowest BCUT2D eigenvalue weighted by Gasteiger charge is -2.16. The molecule has 0 atom stereocenters. The smallest absolute Gasteiger partial charge is 0.240 e. The van der Waals surface area contributed by atoms with Gasteiger partial charge in [0.15, 0.2) is 5.13 Å². The minimum absolute atomic E-state index is 0.128. The molecule has 1 amide bonds. The van der Waals surface area contributed by atoms with Crippen LogP contribution in [0.3, 0.4) is 0 Å². The number of carbonyl (C=O) groups excluding carboxylic acids is 1. The number of nitrogens with one attached hydrogen (secondary N) is 1. The van der Waals surface area contributed by atoms with Gasteiger partial charge in [-0.15, -0.1) is 11.3 Å². The van der Waals surface area contributed by atoms with E-state index in [0.29, 0.717) is 28.2 Å². The van der Waals surface area contributed by atoms with E-state index in [2.05, 4.69) is 10.3 Å². The first-order valence-corrected chi connectivity index (χ1v) is 10.1. The van der Waals surface area contributed by atoms with Gasteiger partial charge in [0.1, 0.15) is 11.5 Å². The van der Waals surface area contributed by atoms with Gasteiger partial charge in [0, 0.05) is 28.6 Å². The number of likely N-dealkylation sites (N-methyl/N-ethyl adjacent to an activating group) is 1. The van der Waals surface area contributed by atoms with Gasteiger partial charge in [0.2, 0.25) is 5.91 Å². The Bertz CT molecular complexity index is 993. The summed E-state index contributed by atoms with van der Waals surface area (Å²) in [5.41, 5.74) is 2.62. The van der Waals surface area contributed by atoms with Crippen LogP contribution < -0.4 is 14.8 Å². The first-order valence-electron chi connectivity index (χ1n) is 8.89. The Morgan fingerprint density at radius 1 is 1.21 bits per heavy atom. The van der Waals surface area contributed by atoms with E-state index in [1.165, 1.54) is 11.3 Å². The number of nitrogens with zero attached hydrogens (tertiary/aromatic N) is 2. The lowest BCUT2D eigenvalue weighted by atomic mass is 10.1. The van der Waals surface area contributed by atoms with E-state index in [0.717, 1.165) is 16.8 Å². The topological polar surface area (TPSA) is 63.7 Å². The average Bonchev–Trinajstić information content (AvgIpc) is 3.15. The molecule has 0 radical (unpaired) electrons. The van der Waals surface area contributed by atoms with Crippen molar-refractivity contribution in [2.24, 2.45) is 0 Å². The summed E-state index contributed by atoms with van der Waals surface area (Å²) in [4.78, 5) is 18.8. The van der Waals surface area contributed by atoms with Gasteiger partial charge in [-0.25, -0.2) is 4.98 Å². The molecule has 152 valence electrons. The Balaban J connectivity index is 1.62. The van der Waals surface area contributed by atoms with Gasteiger partial charge in [0.05, 0.1) is 26.5 Å². The summed E-state index contributed by atoms with van der Waals surface area (Å²) < 4.78 is 10.7. The molecule has 0 saturated carbocycles.